The van der Waals surface area contributed by atoms with Gasteiger partial charge in [-0.2, -0.15) is 0 Å². The van der Waals surface area contributed by atoms with Crippen LogP contribution in [0.5, 0.6) is 0 Å². The van der Waals surface area contributed by atoms with Crippen LogP contribution in [0.3, 0.4) is 0 Å². The van der Waals surface area contributed by atoms with E-state index in [9.17, 15) is 9.59 Å². The molecule has 1 heterocycles. The average molecular weight is 385 g/mol. The van der Waals surface area contributed by atoms with Gasteiger partial charge in [0.1, 0.15) is 12.4 Å². The molecule has 0 aliphatic rings. The van der Waals surface area contributed by atoms with Crippen LogP contribution in [0.2, 0.25) is 5.02 Å². The minimum absolute atomic E-state index is 0.0563. The van der Waals surface area contributed by atoms with Gasteiger partial charge >= 0.3 is 0 Å². The Bertz CT molecular complexity index is 964. The second-order valence-electron chi connectivity index (χ2n) is 6.53. The summed E-state index contributed by atoms with van der Waals surface area (Å²) >= 11 is 5.87. The molecular formula is C20H21ClN4O2. The molecule has 27 heavy (non-hydrogen) atoms. The molecule has 0 unspecified atom stereocenters. The maximum atomic E-state index is 12.5. The lowest BCUT2D eigenvalue weighted by molar-refractivity contribution is -0.124. The fourth-order valence-electron chi connectivity index (χ4n) is 2.68. The molecule has 0 aliphatic heterocycles. The number of imidazole rings is 1. The first-order valence-electron chi connectivity index (χ1n) is 8.71. The Hall–Kier alpha value is -2.86. The summed E-state index contributed by atoms with van der Waals surface area (Å²) in [6.45, 7) is 4.02. The molecule has 3 rings (SSSR count). The first-order chi connectivity index (χ1) is 12.9. The number of rotatable bonds is 6. The third-order valence-electron chi connectivity index (χ3n) is 4.11. The number of nitrogens with one attached hydrogen (secondary N) is 2. The molecule has 6 nitrogen and oxygen atoms in total. The van der Waals surface area contributed by atoms with Crippen LogP contribution < -0.4 is 10.6 Å². The highest BCUT2D eigenvalue weighted by molar-refractivity contribution is 6.30. The van der Waals surface area contributed by atoms with E-state index in [1.54, 1.807) is 24.3 Å². The lowest BCUT2D eigenvalue weighted by Gasteiger charge is -2.12. The van der Waals surface area contributed by atoms with Crippen LogP contribution in [-0.2, 0) is 22.7 Å². The topological polar surface area (TPSA) is 76.0 Å². The molecular weight excluding hydrogens is 364 g/mol. The smallest absolute Gasteiger partial charge is 0.244 e. The van der Waals surface area contributed by atoms with Gasteiger partial charge in [0.2, 0.25) is 11.8 Å². The Kier molecular flexibility index (Phi) is 5.76. The van der Waals surface area contributed by atoms with Crippen molar-refractivity contribution in [2.45, 2.75) is 26.9 Å². The third kappa shape index (κ3) is 4.65. The van der Waals surface area contributed by atoms with Crippen LogP contribution in [0.15, 0.2) is 48.5 Å². The van der Waals surface area contributed by atoms with E-state index in [0.717, 1.165) is 11.0 Å². The second kappa shape index (κ2) is 8.22. The number of halogens is 1. The molecule has 0 atom stereocenters. The maximum Gasteiger partial charge on any atom is 0.244 e. The van der Waals surface area contributed by atoms with Crippen molar-refractivity contribution in [1.82, 2.24) is 14.9 Å². The predicted molar refractivity (Wildman–Crippen MR) is 106 cm³/mol. The van der Waals surface area contributed by atoms with Crippen molar-refractivity contribution >= 4 is 40.1 Å². The molecule has 7 heteroatoms. The molecule has 0 bridgehead atoms. The average Bonchev–Trinajstić information content (AvgIpc) is 2.99. The number of aromatic nitrogens is 2. The van der Waals surface area contributed by atoms with Crippen molar-refractivity contribution < 1.29 is 9.59 Å². The van der Waals surface area contributed by atoms with Gasteiger partial charge in [-0.15, -0.1) is 0 Å². The molecule has 0 saturated heterocycles. The van der Waals surface area contributed by atoms with E-state index < -0.39 is 0 Å². The number of anilines is 1. The minimum atomic E-state index is -0.183. The number of carbonyl (C=O) groups excluding carboxylic acids is 2. The SMILES string of the molecule is CC(C)C(=O)NCc1nc2ccccc2n1CC(=O)Nc1ccc(Cl)cc1. The standard InChI is InChI=1S/C20H21ClN4O2/c1-13(2)20(27)22-11-18-24-16-5-3-4-6-17(16)25(18)12-19(26)23-15-9-7-14(21)8-10-15/h3-10,13H,11-12H2,1-2H3,(H,22,27)(H,23,26). The van der Waals surface area contributed by atoms with Crippen molar-refractivity contribution in [3.8, 4) is 0 Å². The van der Waals surface area contributed by atoms with Crippen LogP contribution in [-0.4, -0.2) is 21.4 Å². The van der Waals surface area contributed by atoms with Crippen molar-refractivity contribution in [3.05, 3.63) is 59.4 Å². The number of benzene rings is 2. The summed E-state index contributed by atoms with van der Waals surface area (Å²) in [5, 5.41) is 6.32. The van der Waals surface area contributed by atoms with Crippen LogP contribution in [0, 0.1) is 5.92 Å². The van der Waals surface area contributed by atoms with Gasteiger partial charge in [-0.05, 0) is 36.4 Å². The molecule has 1 aromatic heterocycles. The zero-order chi connectivity index (χ0) is 19.4. The third-order valence-corrected chi connectivity index (χ3v) is 4.36. The zero-order valence-corrected chi connectivity index (χ0v) is 16.0. The number of amides is 2. The van der Waals surface area contributed by atoms with Gasteiger partial charge in [-0.25, -0.2) is 4.98 Å². The molecule has 3 aromatic rings. The largest absolute Gasteiger partial charge is 0.349 e. The molecule has 2 N–H and O–H groups in total. The molecule has 2 amide bonds. The number of fused-ring (bicyclic) bond motifs is 1. The summed E-state index contributed by atoms with van der Waals surface area (Å²) in [6.07, 6.45) is 0. The Morgan fingerprint density at radius 2 is 1.81 bits per heavy atom. The van der Waals surface area contributed by atoms with Crippen LogP contribution >= 0.6 is 11.6 Å². The second-order valence-corrected chi connectivity index (χ2v) is 6.97. The number of hydrogen-bond donors (Lipinski definition) is 2. The monoisotopic (exact) mass is 384 g/mol. The number of carbonyl (C=O) groups is 2. The van der Waals surface area contributed by atoms with E-state index in [2.05, 4.69) is 15.6 Å². The molecule has 0 saturated carbocycles. The lowest BCUT2D eigenvalue weighted by atomic mass is 10.2. The maximum absolute atomic E-state index is 12.5. The number of nitrogens with zero attached hydrogens (tertiary/aromatic N) is 2. The molecule has 2 aromatic carbocycles. The highest BCUT2D eigenvalue weighted by Gasteiger charge is 2.15. The number of hydrogen-bond acceptors (Lipinski definition) is 3. The van der Waals surface area contributed by atoms with Gasteiger partial charge in [0.05, 0.1) is 17.6 Å². The van der Waals surface area contributed by atoms with E-state index in [0.29, 0.717) is 16.5 Å². The summed E-state index contributed by atoms with van der Waals surface area (Å²) in [7, 11) is 0. The molecule has 0 fully saturated rings. The van der Waals surface area contributed by atoms with E-state index in [-0.39, 0.29) is 30.8 Å². The summed E-state index contributed by atoms with van der Waals surface area (Å²) in [5.74, 6) is 0.281. The van der Waals surface area contributed by atoms with Crippen LogP contribution in [0.4, 0.5) is 5.69 Å². The van der Waals surface area contributed by atoms with Gasteiger partial charge in [0.25, 0.3) is 0 Å². The first kappa shape index (κ1) is 18.9. The van der Waals surface area contributed by atoms with E-state index in [1.165, 1.54) is 0 Å². The van der Waals surface area contributed by atoms with Gasteiger partial charge in [-0.1, -0.05) is 37.6 Å². The normalized spacial score (nSPS) is 11.0. The molecule has 140 valence electrons. The van der Waals surface area contributed by atoms with Crippen molar-refractivity contribution in [3.63, 3.8) is 0 Å². The van der Waals surface area contributed by atoms with Crippen molar-refractivity contribution in [1.29, 1.82) is 0 Å². The molecule has 0 aliphatic carbocycles. The fraction of sp³-hybridized carbons (Fsp3) is 0.250. The van der Waals surface area contributed by atoms with Crippen LogP contribution in [0.1, 0.15) is 19.7 Å². The highest BCUT2D eigenvalue weighted by Crippen LogP contribution is 2.17. The van der Waals surface area contributed by atoms with Gasteiger partial charge in [0, 0.05) is 16.6 Å². The Morgan fingerprint density at radius 3 is 2.52 bits per heavy atom. The molecule has 0 radical (unpaired) electrons. The van der Waals surface area contributed by atoms with Gasteiger partial charge in [0.15, 0.2) is 0 Å². The van der Waals surface area contributed by atoms with E-state index in [4.69, 9.17) is 11.6 Å². The summed E-state index contributed by atoms with van der Waals surface area (Å²) < 4.78 is 1.82. The van der Waals surface area contributed by atoms with E-state index >= 15 is 0 Å². The van der Waals surface area contributed by atoms with Crippen LogP contribution in [0.25, 0.3) is 11.0 Å². The summed E-state index contributed by atoms with van der Waals surface area (Å²) in [6, 6.07) is 14.5. The zero-order valence-electron chi connectivity index (χ0n) is 15.2. The van der Waals surface area contributed by atoms with E-state index in [1.807, 2.05) is 42.7 Å². The van der Waals surface area contributed by atoms with Gasteiger partial charge < -0.3 is 15.2 Å². The Labute approximate surface area is 162 Å². The Balaban J connectivity index is 1.80. The van der Waals surface area contributed by atoms with Crippen molar-refractivity contribution in [2.75, 3.05) is 5.32 Å². The van der Waals surface area contributed by atoms with Gasteiger partial charge in [-0.3, -0.25) is 9.59 Å². The minimum Gasteiger partial charge on any atom is -0.349 e. The predicted octanol–water partition coefficient (Wildman–Crippen LogP) is 3.60. The fourth-order valence-corrected chi connectivity index (χ4v) is 2.81. The van der Waals surface area contributed by atoms with Crippen molar-refractivity contribution in [2.24, 2.45) is 5.92 Å². The lowest BCUT2D eigenvalue weighted by Crippen LogP contribution is -2.29. The summed E-state index contributed by atoms with van der Waals surface area (Å²) in [4.78, 5) is 29.0. The number of para-hydroxylation sites is 2. The highest BCUT2D eigenvalue weighted by atomic mass is 35.5. The summed E-state index contributed by atoms with van der Waals surface area (Å²) in [5.41, 5.74) is 2.30. The quantitative estimate of drug-likeness (QED) is 0.681. The Morgan fingerprint density at radius 1 is 1.11 bits per heavy atom. The molecule has 0 spiro atoms. The first-order valence-corrected chi connectivity index (χ1v) is 9.09.